The van der Waals surface area contributed by atoms with Gasteiger partial charge < -0.3 is 37.9 Å². The number of nitrogens with one attached hydrogen (secondary N) is 3. The summed E-state index contributed by atoms with van der Waals surface area (Å²) in [5, 5.41) is 8.31. The highest BCUT2D eigenvalue weighted by Crippen LogP contribution is 2.10. The Balaban J connectivity index is 2.19. The fraction of sp³-hybridized carbons (Fsp3) is 0.414. The molecule has 216 valence electrons. The van der Waals surface area contributed by atoms with E-state index in [0.29, 0.717) is 57.0 Å². The number of aliphatic imine (C=N–C) groups is 1. The number of amides is 3. The van der Waals surface area contributed by atoms with Crippen molar-refractivity contribution in [2.24, 2.45) is 22.2 Å². The van der Waals surface area contributed by atoms with Crippen LogP contribution < -0.4 is 33.2 Å². The van der Waals surface area contributed by atoms with Gasteiger partial charge in [0.25, 0.3) is 5.91 Å². The van der Waals surface area contributed by atoms with Crippen molar-refractivity contribution >= 4 is 30.0 Å². The molecule has 0 saturated carbocycles. The molecule has 0 bridgehead atoms. The quantitative estimate of drug-likeness (QED) is 0.0720. The molecule has 0 spiro atoms. The van der Waals surface area contributed by atoms with E-state index in [9.17, 15) is 19.2 Å². The minimum Gasteiger partial charge on any atom is -0.370 e. The lowest BCUT2D eigenvalue weighted by Crippen LogP contribution is -2.55. The van der Waals surface area contributed by atoms with Crippen LogP contribution in [0.5, 0.6) is 0 Å². The van der Waals surface area contributed by atoms with Gasteiger partial charge in [-0.15, -0.1) is 0 Å². The predicted octanol–water partition coefficient (Wildman–Crippen LogP) is 0.687. The monoisotopic (exact) mass is 551 g/mol. The highest BCUT2D eigenvalue weighted by Gasteiger charge is 2.28. The average molecular weight is 552 g/mol. The molecule has 11 heteroatoms. The minimum absolute atomic E-state index is 0.0482. The van der Waals surface area contributed by atoms with Gasteiger partial charge in [-0.05, 0) is 63.3 Å². The topological polar surface area (TPSA) is 195 Å². The van der Waals surface area contributed by atoms with Crippen molar-refractivity contribution in [1.29, 1.82) is 0 Å². The van der Waals surface area contributed by atoms with Crippen molar-refractivity contribution in [1.82, 2.24) is 16.0 Å². The normalized spacial score (nSPS) is 12.8. The first kappa shape index (κ1) is 32.0. The van der Waals surface area contributed by atoms with E-state index >= 15 is 0 Å². The largest absolute Gasteiger partial charge is 0.370 e. The number of aryl methyl sites for hydroxylation is 1. The van der Waals surface area contributed by atoms with Crippen LogP contribution in [0.1, 0.15) is 53.6 Å². The lowest BCUT2D eigenvalue weighted by molar-refractivity contribution is -0.131. The van der Waals surface area contributed by atoms with Gasteiger partial charge in [0.05, 0.1) is 6.04 Å². The van der Waals surface area contributed by atoms with Crippen LogP contribution in [0.3, 0.4) is 0 Å². The van der Waals surface area contributed by atoms with E-state index in [4.69, 9.17) is 17.2 Å². The molecule has 9 N–H and O–H groups in total. The van der Waals surface area contributed by atoms with Crippen molar-refractivity contribution in [2.75, 3.05) is 13.1 Å². The number of unbranched alkanes of at least 4 members (excludes halogenated alkanes) is 1. The molecule has 0 radical (unpaired) electrons. The first-order valence-corrected chi connectivity index (χ1v) is 13.5. The summed E-state index contributed by atoms with van der Waals surface area (Å²) in [6.07, 6.45) is 3.29. The minimum atomic E-state index is -0.985. The molecule has 11 nitrogen and oxygen atoms in total. The number of nitrogens with two attached hydrogens (primary N) is 3. The van der Waals surface area contributed by atoms with Gasteiger partial charge in [0.2, 0.25) is 11.8 Å². The smallest absolute Gasteiger partial charge is 0.251 e. The Bertz CT molecular complexity index is 1120. The number of guanidine groups is 1. The molecule has 3 atom stereocenters. The maximum Gasteiger partial charge on any atom is 0.251 e. The van der Waals surface area contributed by atoms with E-state index < -0.39 is 35.8 Å². The molecule has 3 amide bonds. The molecule has 0 heterocycles. The van der Waals surface area contributed by atoms with Crippen molar-refractivity contribution < 1.29 is 19.2 Å². The molecule has 0 saturated heterocycles. The lowest BCUT2D eigenvalue weighted by Gasteiger charge is -2.24. The Labute approximate surface area is 235 Å². The van der Waals surface area contributed by atoms with Gasteiger partial charge in [-0.2, -0.15) is 0 Å². The summed E-state index contributed by atoms with van der Waals surface area (Å²) in [6.45, 7) is 2.72. The van der Waals surface area contributed by atoms with Crippen LogP contribution in [0.15, 0.2) is 59.6 Å². The van der Waals surface area contributed by atoms with Gasteiger partial charge in [0, 0.05) is 18.5 Å². The van der Waals surface area contributed by atoms with Gasteiger partial charge in [-0.25, -0.2) is 0 Å². The Hall–Kier alpha value is -4.25. The van der Waals surface area contributed by atoms with Crippen molar-refractivity contribution in [3.05, 3.63) is 71.3 Å². The zero-order valence-corrected chi connectivity index (χ0v) is 23.0. The van der Waals surface area contributed by atoms with Crippen molar-refractivity contribution in [2.45, 2.75) is 63.6 Å². The summed E-state index contributed by atoms with van der Waals surface area (Å²) in [5.41, 5.74) is 18.6. The molecular weight excluding hydrogens is 510 g/mol. The van der Waals surface area contributed by atoms with Crippen LogP contribution in [0.25, 0.3) is 0 Å². The maximum absolute atomic E-state index is 13.4. The number of carbonyl (C=O) groups is 4. The Kier molecular flexibility index (Phi) is 13.9. The third kappa shape index (κ3) is 11.6. The van der Waals surface area contributed by atoms with Crippen LogP contribution in [-0.4, -0.2) is 61.2 Å². The maximum atomic E-state index is 13.4. The third-order valence-corrected chi connectivity index (χ3v) is 6.26. The number of nitrogens with zero attached hydrogens (tertiary/aromatic N) is 1. The second-order valence-corrected chi connectivity index (χ2v) is 9.63. The molecule has 2 aromatic rings. The molecule has 0 aliphatic heterocycles. The van der Waals surface area contributed by atoms with E-state index in [-0.39, 0.29) is 12.4 Å². The second-order valence-electron chi connectivity index (χ2n) is 9.63. The second kappa shape index (κ2) is 17.4. The van der Waals surface area contributed by atoms with E-state index in [0.717, 1.165) is 11.1 Å². The van der Waals surface area contributed by atoms with Gasteiger partial charge in [0.15, 0.2) is 5.96 Å². The summed E-state index contributed by atoms with van der Waals surface area (Å²) in [7, 11) is 0. The molecule has 2 aromatic carbocycles. The number of benzene rings is 2. The summed E-state index contributed by atoms with van der Waals surface area (Å²) >= 11 is 0. The van der Waals surface area contributed by atoms with Crippen LogP contribution in [0, 0.1) is 6.92 Å². The highest BCUT2D eigenvalue weighted by atomic mass is 16.2. The number of carbonyl (C=O) groups excluding carboxylic acids is 4. The summed E-state index contributed by atoms with van der Waals surface area (Å²) in [4.78, 5) is 55.2. The number of hydrogen-bond acceptors (Lipinski definition) is 6. The molecule has 0 aliphatic rings. The predicted molar refractivity (Wildman–Crippen MR) is 155 cm³/mol. The SMILES string of the molecule is Cc1ccc(C[C@H](NC(=O)[C@H](CCCCN)NC(=O)c2ccccc2)C(=O)N[C@H](C=O)CCCN=C(N)N)cc1. The molecule has 40 heavy (non-hydrogen) atoms. The van der Waals surface area contributed by atoms with E-state index in [1.165, 1.54) is 0 Å². The average Bonchev–Trinajstić information content (AvgIpc) is 2.95. The molecular formula is C29H41N7O4. The number of rotatable bonds is 17. The molecule has 0 fully saturated rings. The molecule has 2 rings (SSSR count). The Morgan fingerprint density at radius 1 is 0.850 bits per heavy atom. The van der Waals surface area contributed by atoms with E-state index in [1.54, 1.807) is 30.3 Å². The number of aldehydes is 1. The van der Waals surface area contributed by atoms with Crippen LogP contribution in [0.2, 0.25) is 0 Å². The van der Waals surface area contributed by atoms with Crippen LogP contribution >= 0.6 is 0 Å². The summed E-state index contributed by atoms with van der Waals surface area (Å²) in [6, 6.07) is 13.5. The van der Waals surface area contributed by atoms with Crippen molar-refractivity contribution in [3.63, 3.8) is 0 Å². The standard InChI is InChI=1S/C29H41N7O4/c1-20-12-14-21(15-13-20)18-25(28(40)34-23(19-37)10-7-17-33-29(31)32)36-27(39)24(11-5-6-16-30)35-26(38)22-8-3-2-4-9-22/h2-4,8-9,12-15,19,23-25H,5-7,10-11,16-18,30H2,1H3,(H,34,40)(H,35,38)(H,36,39)(H4,31,32,33)/t23-,24-,25-/m0/s1. The fourth-order valence-corrected chi connectivity index (χ4v) is 4.01. The first-order chi connectivity index (χ1) is 19.2. The zero-order chi connectivity index (χ0) is 29.3. The lowest BCUT2D eigenvalue weighted by atomic mass is 10.0. The Morgan fingerprint density at radius 3 is 2.15 bits per heavy atom. The first-order valence-electron chi connectivity index (χ1n) is 13.5. The third-order valence-electron chi connectivity index (χ3n) is 6.26. The van der Waals surface area contributed by atoms with Crippen LogP contribution in [-0.2, 0) is 20.8 Å². The van der Waals surface area contributed by atoms with Gasteiger partial charge in [0.1, 0.15) is 18.4 Å². The van der Waals surface area contributed by atoms with E-state index in [2.05, 4.69) is 20.9 Å². The van der Waals surface area contributed by atoms with Gasteiger partial charge in [-0.3, -0.25) is 19.4 Å². The summed E-state index contributed by atoms with van der Waals surface area (Å²) in [5.74, 6) is -1.45. The molecule has 0 aromatic heterocycles. The number of hydrogen-bond donors (Lipinski definition) is 6. The van der Waals surface area contributed by atoms with Gasteiger partial charge >= 0.3 is 0 Å². The van der Waals surface area contributed by atoms with Crippen LogP contribution in [0.4, 0.5) is 0 Å². The fourth-order valence-electron chi connectivity index (χ4n) is 4.01. The molecule has 0 aliphatic carbocycles. The van der Waals surface area contributed by atoms with E-state index in [1.807, 2.05) is 31.2 Å². The van der Waals surface area contributed by atoms with Gasteiger partial charge in [-0.1, -0.05) is 48.0 Å². The summed E-state index contributed by atoms with van der Waals surface area (Å²) < 4.78 is 0. The zero-order valence-electron chi connectivity index (χ0n) is 23.0. The highest BCUT2D eigenvalue weighted by molar-refractivity contribution is 5.98. The molecule has 0 unspecified atom stereocenters. The Morgan fingerprint density at radius 2 is 1.52 bits per heavy atom. The van der Waals surface area contributed by atoms with Crippen molar-refractivity contribution in [3.8, 4) is 0 Å².